The van der Waals surface area contributed by atoms with Crippen molar-refractivity contribution in [2.45, 2.75) is 40.5 Å². The summed E-state index contributed by atoms with van der Waals surface area (Å²) in [6, 6.07) is 20.7. The molecule has 5 nitrogen and oxygen atoms in total. The molecule has 1 N–H and O–H groups in total. The summed E-state index contributed by atoms with van der Waals surface area (Å²) < 4.78 is 11.1. The van der Waals surface area contributed by atoms with Gasteiger partial charge in [0.2, 0.25) is 0 Å². The van der Waals surface area contributed by atoms with E-state index in [4.69, 9.17) is 9.47 Å². The zero-order valence-electron chi connectivity index (χ0n) is 21.7. The van der Waals surface area contributed by atoms with Crippen molar-refractivity contribution in [2.24, 2.45) is 5.41 Å². The number of unbranched alkanes of at least 4 members (excludes halogenated alkanes) is 1. The highest BCUT2D eigenvalue weighted by atomic mass is 16.5. The van der Waals surface area contributed by atoms with Crippen molar-refractivity contribution in [3.8, 4) is 22.6 Å². The molecule has 0 aliphatic heterocycles. The van der Waals surface area contributed by atoms with Crippen molar-refractivity contribution in [3.63, 3.8) is 0 Å². The van der Waals surface area contributed by atoms with E-state index in [1.807, 2.05) is 61.5 Å². The van der Waals surface area contributed by atoms with E-state index in [9.17, 15) is 14.7 Å². The number of carbonyl (C=O) groups is 2. The second kappa shape index (κ2) is 10.9. The van der Waals surface area contributed by atoms with Crippen molar-refractivity contribution in [2.75, 3.05) is 6.61 Å². The van der Waals surface area contributed by atoms with Crippen molar-refractivity contribution >= 4 is 39.6 Å². The Hall–Kier alpha value is -4.12. The second-order valence-corrected chi connectivity index (χ2v) is 10.1. The van der Waals surface area contributed by atoms with Crippen LogP contribution >= 0.6 is 0 Å². The van der Waals surface area contributed by atoms with Crippen molar-refractivity contribution in [1.82, 2.24) is 0 Å². The van der Waals surface area contributed by atoms with E-state index < -0.39 is 5.41 Å². The molecule has 4 rings (SSSR count). The molecule has 0 fully saturated rings. The molecule has 0 heterocycles. The number of aromatic hydroxyl groups is 1. The van der Waals surface area contributed by atoms with Gasteiger partial charge in [-0.25, -0.2) is 4.79 Å². The van der Waals surface area contributed by atoms with Crippen LogP contribution in [0.5, 0.6) is 11.5 Å². The molecule has 0 aliphatic rings. The van der Waals surface area contributed by atoms with Crippen molar-refractivity contribution in [3.05, 3.63) is 78.4 Å². The highest BCUT2D eigenvalue weighted by molar-refractivity contribution is 6.10. The van der Waals surface area contributed by atoms with E-state index in [2.05, 4.69) is 0 Å². The van der Waals surface area contributed by atoms with Crippen LogP contribution in [0.15, 0.2) is 72.8 Å². The van der Waals surface area contributed by atoms with Crippen LogP contribution < -0.4 is 4.74 Å². The summed E-state index contributed by atoms with van der Waals surface area (Å²) in [5.41, 5.74) is 1.37. The highest BCUT2D eigenvalue weighted by Gasteiger charge is 2.26. The van der Waals surface area contributed by atoms with E-state index in [1.54, 1.807) is 39.0 Å². The van der Waals surface area contributed by atoms with Crippen LogP contribution in [-0.4, -0.2) is 23.7 Å². The Bertz CT molecular complexity index is 1490. The van der Waals surface area contributed by atoms with Gasteiger partial charge in [0, 0.05) is 17.2 Å². The molecule has 37 heavy (non-hydrogen) atoms. The zero-order chi connectivity index (χ0) is 26.6. The molecule has 0 saturated heterocycles. The third-order valence-corrected chi connectivity index (χ3v) is 6.13. The summed E-state index contributed by atoms with van der Waals surface area (Å²) in [6.07, 6.45) is 4.94. The maximum absolute atomic E-state index is 12.8. The Labute approximate surface area is 217 Å². The maximum atomic E-state index is 12.8. The standard InChI is InChI=1S/C32H32O5/c1-5-6-19-36-28(34)18-12-21-11-15-25-23(20-21)13-16-26(33)29(25)30-24-10-8-7-9-22(24)14-17-27(30)37-31(35)32(2,3)4/h7-18,20,33H,5-6,19H2,1-4H3/b18-12+. The van der Waals surface area contributed by atoms with Gasteiger partial charge in [-0.3, -0.25) is 4.79 Å². The quantitative estimate of drug-likeness (QED) is 0.123. The molecule has 5 heteroatoms. The molecule has 0 spiro atoms. The summed E-state index contributed by atoms with van der Waals surface area (Å²) in [5.74, 6) is -0.261. The first kappa shape index (κ1) is 26.0. The van der Waals surface area contributed by atoms with Crippen LogP contribution in [-0.2, 0) is 14.3 Å². The molecule has 0 aromatic heterocycles. The molecular formula is C32H32O5. The Morgan fingerprint density at radius 3 is 2.38 bits per heavy atom. The minimum absolute atomic E-state index is 0.0831. The monoisotopic (exact) mass is 496 g/mol. The Balaban J connectivity index is 1.83. The second-order valence-electron chi connectivity index (χ2n) is 10.1. The van der Waals surface area contributed by atoms with Gasteiger partial charge in [-0.05, 0) is 78.6 Å². The van der Waals surface area contributed by atoms with Gasteiger partial charge in [0.15, 0.2) is 0 Å². The van der Waals surface area contributed by atoms with E-state index >= 15 is 0 Å². The van der Waals surface area contributed by atoms with Gasteiger partial charge in [0.25, 0.3) is 0 Å². The number of ether oxygens (including phenoxy) is 2. The van der Waals surface area contributed by atoms with Crippen molar-refractivity contribution in [1.29, 1.82) is 0 Å². The summed E-state index contributed by atoms with van der Waals surface area (Å²) in [4.78, 5) is 24.8. The average Bonchev–Trinajstić information content (AvgIpc) is 2.87. The number of phenols is 1. The average molecular weight is 497 g/mol. The summed E-state index contributed by atoms with van der Waals surface area (Å²) >= 11 is 0. The van der Waals surface area contributed by atoms with Crippen LogP contribution in [0.3, 0.4) is 0 Å². The van der Waals surface area contributed by atoms with Crippen LogP contribution in [0.2, 0.25) is 0 Å². The fraction of sp³-hybridized carbons (Fsp3) is 0.250. The SMILES string of the molecule is CCCCOC(=O)/C=C/c1ccc2c(-c3c(OC(=O)C(C)(C)C)ccc4ccccc34)c(O)ccc2c1. The lowest BCUT2D eigenvalue weighted by molar-refractivity contribution is -0.143. The molecule has 190 valence electrons. The Morgan fingerprint density at radius 2 is 1.62 bits per heavy atom. The smallest absolute Gasteiger partial charge is 0.330 e. The van der Waals surface area contributed by atoms with Gasteiger partial charge < -0.3 is 14.6 Å². The lowest BCUT2D eigenvalue weighted by Gasteiger charge is -2.20. The number of benzene rings is 4. The third kappa shape index (κ3) is 5.83. The van der Waals surface area contributed by atoms with Crippen LogP contribution in [0.4, 0.5) is 0 Å². The summed E-state index contributed by atoms with van der Waals surface area (Å²) in [7, 11) is 0. The summed E-state index contributed by atoms with van der Waals surface area (Å²) in [5, 5.41) is 14.6. The minimum atomic E-state index is -0.692. The largest absolute Gasteiger partial charge is 0.507 e. The number of carbonyl (C=O) groups excluding carboxylic acids is 2. The van der Waals surface area contributed by atoms with Crippen molar-refractivity contribution < 1.29 is 24.2 Å². The fourth-order valence-corrected chi connectivity index (χ4v) is 4.08. The Morgan fingerprint density at radius 1 is 0.892 bits per heavy atom. The number of fused-ring (bicyclic) bond motifs is 2. The van der Waals surface area contributed by atoms with Gasteiger partial charge in [0.05, 0.1) is 12.0 Å². The van der Waals surface area contributed by atoms with Gasteiger partial charge in [-0.1, -0.05) is 61.9 Å². The molecule has 0 saturated carbocycles. The third-order valence-electron chi connectivity index (χ3n) is 6.13. The summed E-state index contributed by atoms with van der Waals surface area (Å²) in [6.45, 7) is 7.87. The maximum Gasteiger partial charge on any atom is 0.330 e. The normalized spacial score (nSPS) is 11.8. The number of rotatable bonds is 7. The topological polar surface area (TPSA) is 72.8 Å². The highest BCUT2D eigenvalue weighted by Crippen LogP contribution is 2.45. The van der Waals surface area contributed by atoms with Gasteiger partial charge in [-0.15, -0.1) is 0 Å². The van der Waals surface area contributed by atoms with E-state index in [0.29, 0.717) is 23.5 Å². The van der Waals surface area contributed by atoms with Gasteiger partial charge in [-0.2, -0.15) is 0 Å². The molecule has 0 atom stereocenters. The molecule has 0 radical (unpaired) electrons. The first-order valence-corrected chi connectivity index (χ1v) is 12.5. The van der Waals surface area contributed by atoms with E-state index in [1.165, 1.54) is 6.08 Å². The first-order chi connectivity index (χ1) is 17.7. The van der Waals surface area contributed by atoms with E-state index in [0.717, 1.165) is 39.9 Å². The molecule has 0 aliphatic carbocycles. The van der Waals surface area contributed by atoms with Gasteiger partial charge in [0.1, 0.15) is 11.5 Å². The van der Waals surface area contributed by atoms with Crippen LogP contribution in [0.1, 0.15) is 46.1 Å². The molecule has 0 unspecified atom stereocenters. The molecule has 0 amide bonds. The van der Waals surface area contributed by atoms with E-state index in [-0.39, 0.29) is 17.7 Å². The Kier molecular flexibility index (Phi) is 7.63. The number of hydrogen-bond donors (Lipinski definition) is 1. The number of esters is 2. The number of hydrogen-bond acceptors (Lipinski definition) is 5. The van der Waals surface area contributed by atoms with Crippen LogP contribution in [0.25, 0.3) is 38.7 Å². The number of phenolic OH excluding ortho intramolecular Hbond substituents is 1. The molecular weight excluding hydrogens is 464 g/mol. The fourth-order valence-electron chi connectivity index (χ4n) is 4.08. The molecule has 4 aromatic carbocycles. The molecule has 0 bridgehead atoms. The zero-order valence-corrected chi connectivity index (χ0v) is 21.7. The van der Waals surface area contributed by atoms with Gasteiger partial charge >= 0.3 is 11.9 Å². The predicted molar refractivity (Wildman–Crippen MR) is 149 cm³/mol. The lowest BCUT2D eigenvalue weighted by Crippen LogP contribution is -2.25. The first-order valence-electron chi connectivity index (χ1n) is 12.5. The minimum Gasteiger partial charge on any atom is -0.507 e. The molecule has 4 aromatic rings. The predicted octanol–water partition coefficient (Wildman–Crippen LogP) is 7.67. The lowest BCUT2D eigenvalue weighted by atomic mass is 9.91. The van der Waals surface area contributed by atoms with Crippen LogP contribution in [0, 0.1) is 5.41 Å².